The maximum absolute atomic E-state index is 11.5. The van der Waals surface area contributed by atoms with Crippen LogP contribution in [0.25, 0.3) is 0 Å². The van der Waals surface area contributed by atoms with Crippen molar-refractivity contribution in [2.45, 2.75) is 50.2 Å². The molecule has 1 unspecified atom stereocenters. The fourth-order valence-corrected chi connectivity index (χ4v) is 4.15. The fraction of sp³-hybridized carbons (Fsp3) is 0.391. The lowest BCUT2D eigenvalue weighted by molar-refractivity contribution is -0.119. The maximum Gasteiger partial charge on any atom is 0.286 e. The van der Waals surface area contributed by atoms with Gasteiger partial charge in [-0.25, -0.2) is 0 Å². The van der Waals surface area contributed by atoms with Crippen molar-refractivity contribution in [3.8, 4) is 5.75 Å². The molecule has 1 saturated heterocycles. The molecule has 1 aliphatic rings. The zero-order valence-corrected chi connectivity index (χ0v) is 16.9. The Morgan fingerprint density at radius 1 is 0.821 bits per heavy atom. The molecule has 0 saturated carbocycles. The van der Waals surface area contributed by atoms with Crippen LogP contribution in [0, 0.1) is 0 Å². The predicted octanol–water partition coefficient (Wildman–Crippen LogP) is 5.15. The molecule has 0 radical (unpaired) electrons. The number of hydrogen-bond acceptors (Lipinski definition) is 4. The van der Waals surface area contributed by atoms with Gasteiger partial charge < -0.3 is 4.74 Å². The number of hydrogen-bond donors (Lipinski definition) is 1. The van der Waals surface area contributed by atoms with Gasteiger partial charge in [0.25, 0.3) is 5.24 Å². The van der Waals surface area contributed by atoms with E-state index in [0.717, 1.165) is 69.1 Å². The summed E-state index contributed by atoms with van der Waals surface area (Å²) < 4.78 is 5.83. The van der Waals surface area contributed by atoms with Crippen LogP contribution >= 0.6 is 11.8 Å². The summed E-state index contributed by atoms with van der Waals surface area (Å²) in [5.41, 5.74) is 2.65. The van der Waals surface area contributed by atoms with Gasteiger partial charge in [0, 0.05) is 0 Å². The second-order valence-corrected chi connectivity index (χ2v) is 8.24. The normalized spacial score (nSPS) is 16.2. The van der Waals surface area contributed by atoms with Gasteiger partial charge in [-0.05, 0) is 55.4 Å². The Kier molecular flexibility index (Phi) is 7.97. The summed E-state index contributed by atoms with van der Waals surface area (Å²) in [4.78, 5) is 22.6. The Labute approximate surface area is 171 Å². The number of benzene rings is 2. The molecule has 0 aromatic heterocycles. The van der Waals surface area contributed by atoms with E-state index in [1.54, 1.807) is 0 Å². The molecule has 1 N–H and O–H groups in total. The number of aryl methyl sites for hydroxylation is 2. The number of amides is 2. The zero-order valence-electron chi connectivity index (χ0n) is 16.1. The monoisotopic (exact) mass is 397 g/mol. The number of rotatable bonds is 11. The minimum atomic E-state index is -0.211. The number of carbonyl (C=O) groups excluding carboxylic acids is 2. The third-order valence-corrected chi connectivity index (χ3v) is 5.89. The number of imide groups is 1. The van der Waals surface area contributed by atoms with E-state index in [1.165, 1.54) is 11.1 Å². The number of ether oxygens (including phenoxy) is 1. The smallest absolute Gasteiger partial charge is 0.286 e. The predicted molar refractivity (Wildman–Crippen MR) is 114 cm³/mol. The van der Waals surface area contributed by atoms with E-state index in [9.17, 15) is 9.59 Å². The van der Waals surface area contributed by atoms with Crippen LogP contribution < -0.4 is 10.1 Å². The van der Waals surface area contributed by atoms with Crippen molar-refractivity contribution >= 4 is 22.9 Å². The van der Waals surface area contributed by atoms with Gasteiger partial charge in [0.05, 0.1) is 11.9 Å². The molecule has 1 heterocycles. The first-order valence-corrected chi connectivity index (χ1v) is 10.9. The third kappa shape index (κ3) is 6.71. The quantitative estimate of drug-likeness (QED) is 0.533. The molecular weight excluding hydrogens is 370 g/mol. The van der Waals surface area contributed by atoms with Gasteiger partial charge in [-0.3, -0.25) is 14.9 Å². The lowest BCUT2D eigenvalue weighted by Gasteiger charge is -2.08. The average molecular weight is 398 g/mol. The van der Waals surface area contributed by atoms with Crippen LogP contribution in [-0.2, 0) is 17.6 Å². The Hall–Kier alpha value is -2.27. The average Bonchev–Trinajstić information content (AvgIpc) is 3.04. The van der Waals surface area contributed by atoms with Crippen LogP contribution in [0.5, 0.6) is 5.75 Å². The second kappa shape index (κ2) is 10.9. The Bertz CT molecular complexity index is 761. The van der Waals surface area contributed by atoms with Crippen LogP contribution in [0.15, 0.2) is 54.6 Å². The molecule has 0 aliphatic carbocycles. The Morgan fingerprint density at radius 3 is 2.25 bits per heavy atom. The largest absolute Gasteiger partial charge is 0.494 e. The van der Waals surface area contributed by atoms with Gasteiger partial charge in [0.15, 0.2) is 0 Å². The highest BCUT2D eigenvalue weighted by Crippen LogP contribution is 2.24. The van der Waals surface area contributed by atoms with Gasteiger partial charge in [-0.1, -0.05) is 67.1 Å². The summed E-state index contributed by atoms with van der Waals surface area (Å²) in [6, 6.07) is 18.8. The van der Waals surface area contributed by atoms with E-state index in [1.807, 2.05) is 18.2 Å². The molecular formula is C23H27NO3S. The van der Waals surface area contributed by atoms with Crippen LogP contribution in [0.4, 0.5) is 4.79 Å². The van der Waals surface area contributed by atoms with Gasteiger partial charge in [0.1, 0.15) is 5.75 Å². The minimum absolute atomic E-state index is 0.130. The molecule has 2 aromatic carbocycles. The number of nitrogens with one attached hydrogen (secondary N) is 1. The highest BCUT2D eigenvalue weighted by atomic mass is 32.2. The van der Waals surface area contributed by atoms with Crippen LogP contribution in [0.1, 0.15) is 43.2 Å². The standard InChI is InChI=1S/C23H27NO3S/c25-22-21(28-23(26)24-22)12-6-2-5-10-19-13-15-20(16-14-19)27-17-7-11-18-8-3-1-4-9-18/h1,3-4,8-9,13-16,21H,2,5-7,10-12,17H2,(H,24,25,26). The van der Waals surface area contributed by atoms with Crippen LogP contribution in [0.3, 0.4) is 0 Å². The highest BCUT2D eigenvalue weighted by molar-refractivity contribution is 8.15. The topological polar surface area (TPSA) is 55.4 Å². The van der Waals surface area contributed by atoms with E-state index in [2.05, 4.69) is 41.7 Å². The molecule has 5 heteroatoms. The number of unbranched alkanes of at least 4 members (excludes halogenated alkanes) is 2. The van der Waals surface area contributed by atoms with Crippen molar-refractivity contribution in [2.24, 2.45) is 0 Å². The summed E-state index contributed by atoms with van der Waals surface area (Å²) in [5, 5.41) is 1.94. The van der Waals surface area contributed by atoms with E-state index < -0.39 is 0 Å². The van der Waals surface area contributed by atoms with Gasteiger partial charge in [0.2, 0.25) is 5.91 Å². The molecule has 1 atom stereocenters. The first-order valence-electron chi connectivity index (χ1n) is 9.98. The second-order valence-electron chi connectivity index (χ2n) is 7.06. The summed E-state index contributed by atoms with van der Waals surface area (Å²) >= 11 is 1.12. The van der Waals surface area contributed by atoms with Crippen molar-refractivity contribution < 1.29 is 14.3 Å². The molecule has 2 amide bonds. The fourth-order valence-electron chi connectivity index (χ4n) is 3.28. The lowest BCUT2D eigenvalue weighted by atomic mass is 10.1. The summed E-state index contributed by atoms with van der Waals surface area (Å²) in [7, 11) is 0. The maximum atomic E-state index is 11.5. The molecule has 0 spiro atoms. The van der Waals surface area contributed by atoms with Gasteiger partial charge in [-0.15, -0.1) is 0 Å². The SMILES string of the molecule is O=C1NC(=O)C(CCCCCc2ccc(OCCCc3ccccc3)cc2)S1. The van der Waals surface area contributed by atoms with E-state index in [4.69, 9.17) is 4.74 Å². The molecule has 3 rings (SSSR count). The van der Waals surface area contributed by atoms with Gasteiger partial charge in [-0.2, -0.15) is 0 Å². The molecule has 4 nitrogen and oxygen atoms in total. The van der Waals surface area contributed by atoms with Crippen molar-refractivity contribution in [2.75, 3.05) is 6.61 Å². The van der Waals surface area contributed by atoms with Gasteiger partial charge >= 0.3 is 0 Å². The van der Waals surface area contributed by atoms with Crippen molar-refractivity contribution in [3.63, 3.8) is 0 Å². The first kappa shape index (κ1) is 20.5. The van der Waals surface area contributed by atoms with Crippen molar-refractivity contribution in [3.05, 3.63) is 65.7 Å². The van der Waals surface area contributed by atoms with Crippen LogP contribution in [-0.4, -0.2) is 23.0 Å². The lowest BCUT2D eigenvalue weighted by Crippen LogP contribution is -2.24. The first-order chi connectivity index (χ1) is 13.7. The molecule has 28 heavy (non-hydrogen) atoms. The minimum Gasteiger partial charge on any atom is -0.494 e. The zero-order chi connectivity index (χ0) is 19.6. The van der Waals surface area contributed by atoms with E-state index in [-0.39, 0.29) is 16.4 Å². The number of thioether (sulfide) groups is 1. The van der Waals surface area contributed by atoms with Crippen molar-refractivity contribution in [1.82, 2.24) is 5.32 Å². The molecule has 148 valence electrons. The van der Waals surface area contributed by atoms with Crippen LogP contribution in [0.2, 0.25) is 0 Å². The summed E-state index contributed by atoms with van der Waals surface area (Å²) in [5.74, 6) is 0.792. The third-order valence-electron chi connectivity index (χ3n) is 4.84. The van der Waals surface area contributed by atoms with E-state index in [0.29, 0.717) is 0 Å². The van der Waals surface area contributed by atoms with E-state index >= 15 is 0 Å². The molecule has 1 fully saturated rings. The Balaban J connectivity index is 1.27. The number of carbonyl (C=O) groups is 2. The highest BCUT2D eigenvalue weighted by Gasteiger charge is 2.30. The Morgan fingerprint density at radius 2 is 1.54 bits per heavy atom. The van der Waals surface area contributed by atoms with Crippen molar-refractivity contribution in [1.29, 1.82) is 0 Å². The molecule has 2 aromatic rings. The molecule has 1 aliphatic heterocycles. The summed E-state index contributed by atoms with van der Waals surface area (Å²) in [6.07, 6.45) is 6.97. The summed E-state index contributed by atoms with van der Waals surface area (Å²) in [6.45, 7) is 0.726. The molecule has 0 bridgehead atoms.